The minimum absolute atomic E-state index is 0.107. The summed E-state index contributed by atoms with van der Waals surface area (Å²) < 4.78 is 11.1. The van der Waals surface area contributed by atoms with Gasteiger partial charge in [0.25, 0.3) is 0 Å². The number of nitrogens with one attached hydrogen (secondary N) is 1. The SMILES string of the molecule is COCCC1COC2(C1)CN(C(=O)CCc1nc3ccc(Cl)cc3[nH]1)C2. The van der Waals surface area contributed by atoms with Gasteiger partial charge in [0.1, 0.15) is 11.4 Å². The molecule has 140 valence electrons. The van der Waals surface area contributed by atoms with Crippen molar-refractivity contribution in [2.75, 3.05) is 33.4 Å². The molecule has 2 fully saturated rings. The fourth-order valence-electron chi connectivity index (χ4n) is 3.99. The van der Waals surface area contributed by atoms with Crippen LogP contribution in [-0.4, -0.2) is 59.8 Å². The van der Waals surface area contributed by atoms with E-state index in [4.69, 9.17) is 21.1 Å². The molecular formula is C19H24ClN3O3. The Balaban J connectivity index is 1.26. The third-order valence-corrected chi connectivity index (χ3v) is 5.63. The molecular weight excluding hydrogens is 354 g/mol. The first kappa shape index (κ1) is 17.8. The smallest absolute Gasteiger partial charge is 0.223 e. The molecule has 1 atom stereocenters. The number of halogens is 1. The standard InChI is InChI=1S/C19H24ClN3O3/c1-25-7-6-13-9-19(26-10-13)11-23(12-19)18(24)5-4-17-21-15-3-2-14(20)8-16(15)22-17/h2-3,8,13H,4-7,9-12H2,1H3,(H,21,22). The summed E-state index contributed by atoms with van der Waals surface area (Å²) in [5, 5.41) is 0.676. The first-order valence-corrected chi connectivity index (χ1v) is 9.49. The molecule has 0 saturated carbocycles. The summed E-state index contributed by atoms with van der Waals surface area (Å²) >= 11 is 5.99. The molecule has 2 aromatic rings. The van der Waals surface area contributed by atoms with E-state index in [2.05, 4.69) is 9.97 Å². The molecule has 1 unspecified atom stereocenters. The van der Waals surface area contributed by atoms with Gasteiger partial charge < -0.3 is 19.4 Å². The van der Waals surface area contributed by atoms with Gasteiger partial charge in [0.2, 0.25) is 5.91 Å². The van der Waals surface area contributed by atoms with Gasteiger partial charge in [0.15, 0.2) is 0 Å². The van der Waals surface area contributed by atoms with Crippen molar-refractivity contribution in [1.82, 2.24) is 14.9 Å². The number of carbonyl (C=O) groups excluding carboxylic acids is 1. The molecule has 3 heterocycles. The fourth-order valence-corrected chi connectivity index (χ4v) is 4.16. The van der Waals surface area contributed by atoms with Crippen molar-refractivity contribution in [3.8, 4) is 0 Å². The lowest BCUT2D eigenvalue weighted by Crippen LogP contribution is -2.63. The minimum Gasteiger partial charge on any atom is -0.385 e. The van der Waals surface area contributed by atoms with E-state index in [1.54, 1.807) is 7.11 Å². The first-order chi connectivity index (χ1) is 12.6. The van der Waals surface area contributed by atoms with Crippen LogP contribution in [0.3, 0.4) is 0 Å². The van der Waals surface area contributed by atoms with Crippen LogP contribution in [0.15, 0.2) is 18.2 Å². The average molecular weight is 378 g/mol. The van der Waals surface area contributed by atoms with E-state index in [0.29, 0.717) is 36.9 Å². The number of H-pyrrole nitrogens is 1. The van der Waals surface area contributed by atoms with Crippen LogP contribution >= 0.6 is 11.6 Å². The second-order valence-electron chi connectivity index (χ2n) is 7.44. The van der Waals surface area contributed by atoms with Crippen LogP contribution < -0.4 is 0 Å². The third-order valence-electron chi connectivity index (χ3n) is 5.40. The number of hydrogen-bond acceptors (Lipinski definition) is 4. The van der Waals surface area contributed by atoms with Crippen molar-refractivity contribution >= 4 is 28.5 Å². The Morgan fingerprint density at radius 1 is 1.50 bits per heavy atom. The number of carbonyl (C=O) groups is 1. The summed E-state index contributed by atoms with van der Waals surface area (Å²) in [4.78, 5) is 22.1. The molecule has 1 aromatic heterocycles. The van der Waals surface area contributed by atoms with Gasteiger partial charge in [-0.3, -0.25) is 4.79 Å². The predicted molar refractivity (Wildman–Crippen MR) is 99.3 cm³/mol. The second kappa shape index (κ2) is 7.18. The predicted octanol–water partition coefficient (Wildman–Crippen LogP) is 2.80. The zero-order valence-corrected chi connectivity index (χ0v) is 15.7. The average Bonchev–Trinajstić information content (AvgIpc) is 3.20. The number of rotatable bonds is 6. The number of hydrogen-bond donors (Lipinski definition) is 1. The number of aromatic amines is 1. The highest BCUT2D eigenvalue weighted by Gasteiger charge is 2.50. The normalized spacial score (nSPS) is 21.5. The lowest BCUT2D eigenvalue weighted by molar-refractivity contribution is -0.157. The number of fused-ring (bicyclic) bond motifs is 1. The Labute approximate surface area is 157 Å². The summed E-state index contributed by atoms with van der Waals surface area (Å²) in [7, 11) is 1.73. The molecule has 1 N–H and O–H groups in total. The molecule has 7 heteroatoms. The summed E-state index contributed by atoms with van der Waals surface area (Å²) in [6.07, 6.45) is 3.12. The maximum Gasteiger partial charge on any atom is 0.223 e. The van der Waals surface area contributed by atoms with Crippen molar-refractivity contribution in [3.63, 3.8) is 0 Å². The first-order valence-electron chi connectivity index (χ1n) is 9.12. The van der Waals surface area contributed by atoms with Crippen LogP contribution in [0.4, 0.5) is 0 Å². The number of aromatic nitrogens is 2. The van der Waals surface area contributed by atoms with E-state index < -0.39 is 0 Å². The Hall–Kier alpha value is -1.63. The molecule has 1 aromatic carbocycles. The van der Waals surface area contributed by atoms with Crippen LogP contribution in [0.25, 0.3) is 11.0 Å². The van der Waals surface area contributed by atoms with E-state index in [9.17, 15) is 4.79 Å². The number of imidazole rings is 1. The number of aryl methyl sites for hydroxylation is 1. The molecule has 2 aliphatic rings. The fraction of sp³-hybridized carbons (Fsp3) is 0.579. The Kier molecular flexibility index (Phi) is 4.90. The maximum atomic E-state index is 12.4. The van der Waals surface area contributed by atoms with Crippen LogP contribution in [0, 0.1) is 5.92 Å². The van der Waals surface area contributed by atoms with Gasteiger partial charge >= 0.3 is 0 Å². The Morgan fingerprint density at radius 2 is 2.35 bits per heavy atom. The number of methoxy groups -OCH3 is 1. The summed E-state index contributed by atoms with van der Waals surface area (Å²) in [6, 6.07) is 5.56. The molecule has 2 saturated heterocycles. The van der Waals surface area contributed by atoms with Crippen LogP contribution in [0.1, 0.15) is 25.1 Å². The highest BCUT2D eigenvalue weighted by molar-refractivity contribution is 6.31. The molecule has 26 heavy (non-hydrogen) atoms. The minimum atomic E-state index is -0.107. The van der Waals surface area contributed by atoms with Crippen LogP contribution in [0.2, 0.25) is 5.02 Å². The highest BCUT2D eigenvalue weighted by Crippen LogP contribution is 2.39. The summed E-state index contributed by atoms with van der Waals surface area (Å²) in [5.74, 6) is 1.54. The third kappa shape index (κ3) is 3.59. The van der Waals surface area contributed by atoms with Crippen LogP contribution in [0.5, 0.6) is 0 Å². The number of likely N-dealkylation sites (tertiary alicyclic amines) is 1. The number of ether oxygens (including phenoxy) is 2. The van der Waals surface area contributed by atoms with E-state index in [1.165, 1.54) is 0 Å². The van der Waals surface area contributed by atoms with Gasteiger partial charge in [-0.1, -0.05) is 11.6 Å². The molecule has 0 radical (unpaired) electrons. The van der Waals surface area contributed by atoms with E-state index in [1.807, 2.05) is 23.1 Å². The van der Waals surface area contributed by atoms with E-state index in [0.717, 1.165) is 42.9 Å². The molecule has 4 rings (SSSR count). The molecule has 2 aliphatic heterocycles. The van der Waals surface area contributed by atoms with Gasteiger partial charge in [-0.2, -0.15) is 0 Å². The van der Waals surface area contributed by atoms with E-state index >= 15 is 0 Å². The number of amides is 1. The Bertz CT molecular complexity index is 800. The maximum absolute atomic E-state index is 12.4. The molecule has 6 nitrogen and oxygen atoms in total. The number of benzene rings is 1. The molecule has 1 spiro atoms. The summed E-state index contributed by atoms with van der Waals surface area (Å²) in [6.45, 7) is 2.98. The van der Waals surface area contributed by atoms with Gasteiger partial charge in [-0.15, -0.1) is 0 Å². The zero-order valence-electron chi connectivity index (χ0n) is 15.0. The zero-order chi connectivity index (χ0) is 18.1. The topological polar surface area (TPSA) is 67.5 Å². The van der Waals surface area contributed by atoms with Crippen molar-refractivity contribution < 1.29 is 14.3 Å². The quantitative estimate of drug-likeness (QED) is 0.840. The van der Waals surface area contributed by atoms with Gasteiger partial charge in [-0.05, 0) is 37.0 Å². The number of nitrogens with zero attached hydrogens (tertiary/aromatic N) is 2. The van der Waals surface area contributed by atoms with Gasteiger partial charge in [0.05, 0.1) is 30.7 Å². The largest absolute Gasteiger partial charge is 0.385 e. The molecule has 0 bridgehead atoms. The second-order valence-corrected chi connectivity index (χ2v) is 7.88. The van der Waals surface area contributed by atoms with E-state index in [-0.39, 0.29) is 11.5 Å². The lowest BCUT2D eigenvalue weighted by Gasteiger charge is -2.47. The van der Waals surface area contributed by atoms with Gasteiger partial charge in [0, 0.05) is 31.6 Å². The highest BCUT2D eigenvalue weighted by atomic mass is 35.5. The van der Waals surface area contributed by atoms with Crippen LogP contribution in [-0.2, 0) is 20.7 Å². The van der Waals surface area contributed by atoms with Crippen molar-refractivity contribution in [2.24, 2.45) is 5.92 Å². The molecule has 0 aliphatic carbocycles. The summed E-state index contributed by atoms with van der Waals surface area (Å²) in [5.41, 5.74) is 1.68. The van der Waals surface area contributed by atoms with Gasteiger partial charge in [-0.25, -0.2) is 4.98 Å². The van der Waals surface area contributed by atoms with Crippen molar-refractivity contribution in [1.29, 1.82) is 0 Å². The van der Waals surface area contributed by atoms with Crippen molar-refractivity contribution in [2.45, 2.75) is 31.3 Å². The van der Waals surface area contributed by atoms with Crippen molar-refractivity contribution in [3.05, 3.63) is 29.0 Å². The Morgan fingerprint density at radius 3 is 3.15 bits per heavy atom. The monoisotopic (exact) mass is 377 g/mol. The lowest BCUT2D eigenvalue weighted by atomic mass is 9.86. The molecule has 1 amide bonds.